The SMILES string of the molecule is CC.OC[C@@H]1CCCN1CC1=CC=CCC=C1. The molecule has 2 rings (SSSR count). The minimum absolute atomic E-state index is 0.298. The van der Waals surface area contributed by atoms with Crippen LogP contribution in [-0.4, -0.2) is 35.7 Å². The Hall–Kier alpha value is -0.860. The molecule has 96 valence electrons. The van der Waals surface area contributed by atoms with Gasteiger partial charge in [-0.25, -0.2) is 0 Å². The van der Waals surface area contributed by atoms with E-state index in [1.54, 1.807) is 0 Å². The second-order valence-corrected chi connectivity index (χ2v) is 4.26. The van der Waals surface area contributed by atoms with Crippen molar-refractivity contribution in [3.63, 3.8) is 0 Å². The number of hydrogen-bond donors (Lipinski definition) is 1. The van der Waals surface area contributed by atoms with Crippen molar-refractivity contribution in [3.05, 3.63) is 36.0 Å². The van der Waals surface area contributed by atoms with E-state index >= 15 is 0 Å². The summed E-state index contributed by atoms with van der Waals surface area (Å²) in [5, 5.41) is 9.23. The van der Waals surface area contributed by atoms with Crippen LogP contribution in [0.4, 0.5) is 0 Å². The summed E-state index contributed by atoms with van der Waals surface area (Å²) < 4.78 is 0. The Morgan fingerprint density at radius 1 is 1.35 bits per heavy atom. The molecule has 0 aromatic heterocycles. The summed E-state index contributed by atoms with van der Waals surface area (Å²) in [5.74, 6) is 0. The lowest BCUT2D eigenvalue weighted by molar-refractivity contribution is 0.168. The molecule has 0 aromatic carbocycles. The molecule has 0 bridgehead atoms. The molecule has 1 N–H and O–H groups in total. The van der Waals surface area contributed by atoms with E-state index < -0.39 is 0 Å². The van der Waals surface area contributed by atoms with Crippen LogP contribution in [0.2, 0.25) is 0 Å². The third kappa shape index (κ3) is 4.49. The van der Waals surface area contributed by atoms with Crippen molar-refractivity contribution in [1.29, 1.82) is 0 Å². The summed E-state index contributed by atoms with van der Waals surface area (Å²) in [6, 6.07) is 0.381. The Kier molecular flexibility index (Phi) is 6.90. The van der Waals surface area contributed by atoms with Gasteiger partial charge in [-0.3, -0.25) is 4.90 Å². The summed E-state index contributed by atoms with van der Waals surface area (Å²) in [7, 11) is 0. The second-order valence-electron chi connectivity index (χ2n) is 4.26. The zero-order valence-electron chi connectivity index (χ0n) is 11.1. The number of allylic oxidation sites excluding steroid dienone is 4. The summed E-state index contributed by atoms with van der Waals surface area (Å²) >= 11 is 0. The number of nitrogens with zero attached hydrogens (tertiary/aromatic N) is 1. The molecule has 1 aliphatic carbocycles. The van der Waals surface area contributed by atoms with E-state index in [1.165, 1.54) is 12.0 Å². The normalized spacial score (nSPS) is 23.9. The minimum Gasteiger partial charge on any atom is -0.395 e. The van der Waals surface area contributed by atoms with Crippen molar-refractivity contribution in [2.45, 2.75) is 39.2 Å². The summed E-state index contributed by atoms with van der Waals surface area (Å²) in [4.78, 5) is 2.38. The molecule has 1 fully saturated rings. The summed E-state index contributed by atoms with van der Waals surface area (Å²) in [6.07, 6.45) is 14.3. The highest BCUT2D eigenvalue weighted by atomic mass is 16.3. The van der Waals surface area contributed by atoms with Gasteiger partial charge in [-0.05, 0) is 31.4 Å². The van der Waals surface area contributed by atoms with E-state index in [9.17, 15) is 5.11 Å². The summed E-state index contributed by atoms with van der Waals surface area (Å²) in [5.41, 5.74) is 1.35. The molecule has 2 nitrogen and oxygen atoms in total. The largest absolute Gasteiger partial charge is 0.395 e. The fraction of sp³-hybridized carbons (Fsp3) is 0.600. The lowest BCUT2D eigenvalue weighted by Gasteiger charge is -2.22. The van der Waals surface area contributed by atoms with Gasteiger partial charge in [0.1, 0.15) is 0 Å². The zero-order chi connectivity index (χ0) is 12.5. The van der Waals surface area contributed by atoms with Crippen molar-refractivity contribution in [1.82, 2.24) is 4.90 Å². The number of hydrogen-bond acceptors (Lipinski definition) is 2. The second kappa shape index (κ2) is 8.26. The van der Waals surface area contributed by atoms with Gasteiger partial charge in [-0.1, -0.05) is 44.2 Å². The highest BCUT2D eigenvalue weighted by Crippen LogP contribution is 2.19. The monoisotopic (exact) mass is 235 g/mol. The van der Waals surface area contributed by atoms with Gasteiger partial charge < -0.3 is 5.11 Å². The van der Waals surface area contributed by atoms with E-state index in [-0.39, 0.29) is 0 Å². The first-order valence-electron chi connectivity index (χ1n) is 6.77. The molecule has 0 unspecified atom stereocenters. The van der Waals surface area contributed by atoms with E-state index in [0.29, 0.717) is 12.6 Å². The average molecular weight is 235 g/mol. The molecule has 1 saturated heterocycles. The molecule has 1 aliphatic heterocycles. The van der Waals surface area contributed by atoms with E-state index in [2.05, 4.69) is 35.3 Å². The van der Waals surface area contributed by atoms with Crippen LogP contribution in [0.25, 0.3) is 0 Å². The maximum absolute atomic E-state index is 9.23. The van der Waals surface area contributed by atoms with Gasteiger partial charge in [0, 0.05) is 12.6 Å². The fourth-order valence-corrected chi connectivity index (χ4v) is 2.27. The smallest absolute Gasteiger partial charge is 0.0587 e. The Morgan fingerprint density at radius 3 is 2.94 bits per heavy atom. The minimum atomic E-state index is 0.298. The lowest BCUT2D eigenvalue weighted by atomic mass is 10.2. The van der Waals surface area contributed by atoms with E-state index in [1.807, 2.05) is 13.8 Å². The average Bonchev–Trinajstić information content (AvgIpc) is 2.66. The first-order valence-corrected chi connectivity index (χ1v) is 6.77. The number of rotatable bonds is 3. The van der Waals surface area contributed by atoms with Crippen LogP contribution in [0.1, 0.15) is 33.1 Å². The van der Waals surface area contributed by atoms with Gasteiger partial charge in [-0.15, -0.1) is 0 Å². The van der Waals surface area contributed by atoms with Crippen LogP contribution in [0.3, 0.4) is 0 Å². The van der Waals surface area contributed by atoms with Crippen LogP contribution in [0, 0.1) is 0 Å². The maximum Gasteiger partial charge on any atom is 0.0587 e. The van der Waals surface area contributed by atoms with E-state index in [0.717, 1.165) is 25.9 Å². The molecular formula is C15H25NO. The Bertz CT molecular complexity index is 291. The predicted molar refractivity (Wildman–Crippen MR) is 74.0 cm³/mol. The Morgan fingerprint density at radius 2 is 2.18 bits per heavy atom. The van der Waals surface area contributed by atoms with Gasteiger partial charge in [0.05, 0.1) is 6.61 Å². The van der Waals surface area contributed by atoms with Crippen LogP contribution in [-0.2, 0) is 0 Å². The third-order valence-corrected chi connectivity index (χ3v) is 3.15. The highest BCUT2D eigenvalue weighted by Gasteiger charge is 2.23. The first-order chi connectivity index (χ1) is 8.40. The molecule has 1 atom stereocenters. The molecule has 0 radical (unpaired) electrons. The van der Waals surface area contributed by atoms with Gasteiger partial charge in [0.2, 0.25) is 0 Å². The summed E-state index contributed by atoms with van der Waals surface area (Å²) in [6.45, 7) is 6.40. The zero-order valence-corrected chi connectivity index (χ0v) is 11.1. The molecule has 17 heavy (non-hydrogen) atoms. The fourth-order valence-electron chi connectivity index (χ4n) is 2.27. The molecule has 0 saturated carbocycles. The van der Waals surface area contributed by atoms with Gasteiger partial charge in [0.25, 0.3) is 0 Å². The standard InChI is InChI=1S/C13H19NO.C2H6/c15-11-13-8-5-9-14(13)10-12-6-3-1-2-4-7-12;1-2/h1,3-4,6-7,13,15H,2,5,8-11H2;1-2H3/t13-;/m0./s1. The van der Waals surface area contributed by atoms with Crippen LogP contribution >= 0.6 is 0 Å². The van der Waals surface area contributed by atoms with Crippen molar-refractivity contribution < 1.29 is 5.11 Å². The van der Waals surface area contributed by atoms with Gasteiger partial charge >= 0.3 is 0 Å². The molecule has 2 aliphatic rings. The molecule has 0 aromatic rings. The van der Waals surface area contributed by atoms with Gasteiger partial charge in [0.15, 0.2) is 0 Å². The number of aliphatic hydroxyl groups is 1. The molecule has 0 amide bonds. The van der Waals surface area contributed by atoms with Crippen molar-refractivity contribution in [2.75, 3.05) is 19.7 Å². The molecule has 1 heterocycles. The third-order valence-electron chi connectivity index (χ3n) is 3.15. The van der Waals surface area contributed by atoms with Crippen molar-refractivity contribution >= 4 is 0 Å². The van der Waals surface area contributed by atoms with Crippen LogP contribution in [0.15, 0.2) is 36.0 Å². The number of aliphatic hydroxyl groups excluding tert-OH is 1. The topological polar surface area (TPSA) is 23.5 Å². The lowest BCUT2D eigenvalue weighted by Crippen LogP contribution is -2.33. The Labute approximate surface area is 105 Å². The number of likely N-dealkylation sites (tertiary alicyclic amines) is 1. The van der Waals surface area contributed by atoms with Crippen LogP contribution < -0.4 is 0 Å². The van der Waals surface area contributed by atoms with Crippen molar-refractivity contribution in [2.24, 2.45) is 0 Å². The molecular weight excluding hydrogens is 210 g/mol. The highest BCUT2D eigenvalue weighted by molar-refractivity contribution is 5.28. The van der Waals surface area contributed by atoms with Gasteiger partial charge in [-0.2, -0.15) is 0 Å². The maximum atomic E-state index is 9.23. The molecule has 2 heteroatoms. The van der Waals surface area contributed by atoms with Crippen molar-refractivity contribution in [3.8, 4) is 0 Å². The predicted octanol–water partition coefficient (Wildman–Crippen LogP) is 2.91. The first kappa shape index (κ1) is 14.2. The van der Waals surface area contributed by atoms with E-state index in [4.69, 9.17) is 0 Å². The van der Waals surface area contributed by atoms with Crippen LogP contribution in [0.5, 0.6) is 0 Å². The Balaban J connectivity index is 0.000000686. The quantitative estimate of drug-likeness (QED) is 0.813. The molecule has 0 spiro atoms.